The summed E-state index contributed by atoms with van der Waals surface area (Å²) in [5.41, 5.74) is 4.26. The SMILES string of the molecule is Nc1c(F)ccc(CC(=O)c2cc(NC(=O)[C@H]3[C@H](c4ccc(F)c(Cl)c4)C3(Cl)Cl)cc(F)c2Cl)c1F. The van der Waals surface area contributed by atoms with Gasteiger partial charge in [0.05, 0.1) is 16.0 Å². The standard InChI is InChI=1S/C24H14Cl4F4N2O2/c25-13-5-9(1-3-14(13)29)18-19(24(18,27)28)23(36)34-11-7-12(20(26)16(31)8-11)17(35)6-10-2-4-15(30)22(33)21(10)32/h1-5,7-8,18-19H,6,33H2,(H,34,36)/t18-,19+/m0/s1. The quantitative estimate of drug-likeness (QED) is 0.142. The Balaban J connectivity index is 1.56. The molecule has 3 aromatic rings. The molecule has 0 heterocycles. The van der Waals surface area contributed by atoms with E-state index >= 15 is 0 Å². The van der Waals surface area contributed by atoms with Crippen molar-refractivity contribution < 1.29 is 27.2 Å². The van der Waals surface area contributed by atoms with Gasteiger partial charge in [-0.3, -0.25) is 9.59 Å². The van der Waals surface area contributed by atoms with Gasteiger partial charge in [0.1, 0.15) is 27.5 Å². The van der Waals surface area contributed by atoms with Crippen molar-refractivity contribution in [1.82, 2.24) is 0 Å². The molecule has 4 rings (SSSR count). The van der Waals surface area contributed by atoms with E-state index in [0.717, 1.165) is 30.3 Å². The second kappa shape index (κ2) is 9.74. The van der Waals surface area contributed by atoms with Crippen LogP contribution >= 0.6 is 46.4 Å². The fraction of sp³-hybridized carbons (Fsp3) is 0.167. The first-order chi connectivity index (χ1) is 16.8. The van der Waals surface area contributed by atoms with Gasteiger partial charge in [-0.15, -0.1) is 23.2 Å². The van der Waals surface area contributed by atoms with E-state index < -0.39 is 68.3 Å². The Labute approximate surface area is 222 Å². The molecule has 3 aromatic carbocycles. The Morgan fingerprint density at radius 2 is 1.61 bits per heavy atom. The summed E-state index contributed by atoms with van der Waals surface area (Å²) in [6.07, 6.45) is -0.602. The van der Waals surface area contributed by atoms with E-state index in [1.165, 1.54) is 12.1 Å². The van der Waals surface area contributed by atoms with E-state index in [1.54, 1.807) is 0 Å². The second-order valence-corrected chi connectivity index (χ2v) is 10.4. The van der Waals surface area contributed by atoms with Gasteiger partial charge in [-0.25, -0.2) is 17.6 Å². The number of carbonyl (C=O) groups excluding carboxylic acids is 2. The van der Waals surface area contributed by atoms with Crippen LogP contribution < -0.4 is 11.1 Å². The number of nitrogens with two attached hydrogens (primary N) is 1. The van der Waals surface area contributed by atoms with Gasteiger partial charge in [0.25, 0.3) is 0 Å². The van der Waals surface area contributed by atoms with Crippen LogP contribution in [0.4, 0.5) is 28.9 Å². The van der Waals surface area contributed by atoms with E-state index in [1.807, 2.05) is 0 Å². The Morgan fingerprint density at radius 1 is 0.944 bits per heavy atom. The molecule has 0 aromatic heterocycles. The fourth-order valence-electron chi connectivity index (χ4n) is 3.88. The smallest absolute Gasteiger partial charge is 0.231 e. The van der Waals surface area contributed by atoms with Gasteiger partial charge in [-0.05, 0) is 41.5 Å². The number of Topliss-reactive ketones (excluding diaryl/α,β-unsaturated/α-hetero) is 1. The van der Waals surface area contributed by atoms with Crippen LogP contribution in [0.2, 0.25) is 10.0 Å². The van der Waals surface area contributed by atoms with Crippen molar-refractivity contribution in [2.75, 3.05) is 11.1 Å². The molecule has 1 aliphatic rings. The van der Waals surface area contributed by atoms with Gasteiger partial charge in [-0.2, -0.15) is 0 Å². The molecule has 0 spiro atoms. The number of halogens is 8. The number of hydrogen-bond donors (Lipinski definition) is 2. The number of rotatable bonds is 6. The van der Waals surface area contributed by atoms with E-state index in [2.05, 4.69) is 5.32 Å². The molecule has 0 saturated heterocycles. The maximum absolute atomic E-state index is 14.5. The maximum atomic E-state index is 14.5. The fourth-order valence-corrected chi connectivity index (χ4v) is 5.11. The van der Waals surface area contributed by atoms with E-state index in [4.69, 9.17) is 52.1 Å². The highest BCUT2D eigenvalue weighted by molar-refractivity contribution is 6.53. The Kier molecular flexibility index (Phi) is 7.18. The minimum Gasteiger partial charge on any atom is -0.394 e. The number of anilines is 2. The number of amides is 1. The normalized spacial score (nSPS) is 18.1. The summed E-state index contributed by atoms with van der Waals surface area (Å²) in [5.74, 6) is -7.05. The summed E-state index contributed by atoms with van der Waals surface area (Å²) in [5, 5.41) is 1.70. The van der Waals surface area contributed by atoms with Crippen LogP contribution in [0.5, 0.6) is 0 Å². The average Bonchev–Trinajstić information content (AvgIpc) is 3.40. The van der Waals surface area contributed by atoms with Gasteiger partial charge in [-0.1, -0.05) is 35.3 Å². The molecule has 4 nitrogen and oxygen atoms in total. The van der Waals surface area contributed by atoms with Gasteiger partial charge >= 0.3 is 0 Å². The summed E-state index contributed by atoms with van der Waals surface area (Å²) in [7, 11) is 0. The molecule has 188 valence electrons. The first-order valence-electron chi connectivity index (χ1n) is 10.2. The summed E-state index contributed by atoms with van der Waals surface area (Å²) < 4.78 is 54.1. The number of hydrogen-bond acceptors (Lipinski definition) is 3. The van der Waals surface area contributed by atoms with Crippen LogP contribution in [0.25, 0.3) is 0 Å². The molecule has 0 aliphatic heterocycles. The first-order valence-corrected chi connectivity index (χ1v) is 11.7. The molecular formula is C24H14Cl4F4N2O2. The number of nitrogens with one attached hydrogen (secondary N) is 1. The number of nitrogen functional groups attached to an aromatic ring is 1. The van der Waals surface area contributed by atoms with Crippen molar-refractivity contribution in [3.63, 3.8) is 0 Å². The first kappa shape index (κ1) is 26.5. The third-order valence-corrected chi connectivity index (χ3v) is 7.41. The third-order valence-electron chi connectivity index (χ3n) is 5.79. The summed E-state index contributed by atoms with van der Waals surface area (Å²) in [4.78, 5) is 25.7. The van der Waals surface area contributed by atoms with Crippen LogP contribution in [-0.4, -0.2) is 16.0 Å². The number of carbonyl (C=O) groups is 2. The van der Waals surface area contributed by atoms with Crippen LogP contribution in [0.3, 0.4) is 0 Å². The van der Waals surface area contributed by atoms with Gasteiger partial charge in [0.2, 0.25) is 5.91 Å². The average molecular weight is 580 g/mol. The van der Waals surface area contributed by atoms with E-state index in [0.29, 0.717) is 5.56 Å². The molecule has 1 fully saturated rings. The minimum absolute atomic E-state index is 0.142. The van der Waals surface area contributed by atoms with E-state index in [9.17, 15) is 27.2 Å². The zero-order chi connectivity index (χ0) is 26.5. The van der Waals surface area contributed by atoms with Crippen molar-refractivity contribution in [2.45, 2.75) is 16.7 Å². The predicted octanol–water partition coefficient (Wildman–Crippen LogP) is 7.08. The molecular weight excluding hydrogens is 566 g/mol. The molecule has 36 heavy (non-hydrogen) atoms. The largest absolute Gasteiger partial charge is 0.394 e. The van der Waals surface area contributed by atoms with E-state index in [-0.39, 0.29) is 21.8 Å². The highest BCUT2D eigenvalue weighted by Crippen LogP contribution is 2.65. The lowest BCUT2D eigenvalue weighted by Gasteiger charge is -2.11. The lowest BCUT2D eigenvalue weighted by Crippen LogP contribution is -2.18. The van der Waals surface area contributed by atoms with Crippen LogP contribution in [0.1, 0.15) is 27.4 Å². The highest BCUT2D eigenvalue weighted by Gasteiger charge is 2.67. The maximum Gasteiger partial charge on any atom is 0.231 e. The minimum atomic E-state index is -1.55. The van der Waals surface area contributed by atoms with Crippen LogP contribution in [-0.2, 0) is 11.2 Å². The predicted molar refractivity (Wildman–Crippen MR) is 131 cm³/mol. The van der Waals surface area contributed by atoms with Crippen LogP contribution in [0.15, 0.2) is 42.5 Å². The molecule has 0 unspecified atom stereocenters. The summed E-state index contributed by atoms with van der Waals surface area (Å²) >= 11 is 24.3. The van der Waals surface area contributed by atoms with Crippen molar-refractivity contribution >= 4 is 69.5 Å². The number of ketones is 1. The van der Waals surface area contributed by atoms with Crippen LogP contribution in [0, 0.1) is 29.2 Å². The second-order valence-electron chi connectivity index (χ2n) is 8.15. The van der Waals surface area contributed by atoms with Crippen molar-refractivity contribution in [3.8, 4) is 0 Å². The summed E-state index contributed by atoms with van der Waals surface area (Å²) in [6.45, 7) is 0. The van der Waals surface area contributed by atoms with Crippen molar-refractivity contribution in [2.24, 2.45) is 5.92 Å². The molecule has 1 amide bonds. The zero-order valence-corrected chi connectivity index (χ0v) is 20.8. The van der Waals surface area contributed by atoms with Gasteiger partial charge in [0.15, 0.2) is 11.6 Å². The van der Waals surface area contributed by atoms with Gasteiger partial charge in [0, 0.05) is 23.6 Å². The lowest BCUT2D eigenvalue weighted by molar-refractivity contribution is -0.117. The number of alkyl halides is 2. The molecule has 3 N–H and O–H groups in total. The number of benzene rings is 3. The van der Waals surface area contributed by atoms with Gasteiger partial charge < -0.3 is 11.1 Å². The highest BCUT2D eigenvalue weighted by atomic mass is 35.5. The monoisotopic (exact) mass is 578 g/mol. The molecule has 0 radical (unpaired) electrons. The Bertz CT molecular complexity index is 1420. The topological polar surface area (TPSA) is 72.2 Å². The third kappa shape index (κ3) is 4.87. The Hall–Kier alpha value is -2.52. The summed E-state index contributed by atoms with van der Waals surface area (Å²) in [6, 6.07) is 7.71. The molecule has 12 heteroatoms. The molecule has 2 atom stereocenters. The van der Waals surface area contributed by atoms with Crippen molar-refractivity contribution in [1.29, 1.82) is 0 Å². The Morgan fingerprint density at radius 3 is 2.28 bits per heavy atom. The molecule has 0 bridgehead atoms. The molecule has 1 saturated carbocycles. The van der Waals surface area contributed by atoms with Crippen molar-refractivity contribution in [3.05, 3.63) is 92.5 Å². The lowest BCUT2D eigenvalue weighted by atomic mass is 10.0. The zero-order valence-electron chi connectivity index (χ0n) is 17.8. The molecule has 1 aliphatic carbocycles.